The monoisotopic (exact) mass is 398 g/mol. The predicted octanol–water partition coefficient (Wildman–Crippen LogP) is 6.13. The average molecular weight is 399 g/mol. The first-order chi connectivity index (χ1) is 14.1. The minimum Gasteiger partial charge on any atom is -0.228 e. The van der Waals surface area contributed by atoms with Gasteiger partial charge in [0.1, 0.15) is 0 Å². The first-order valence-electron chi connectivity index (χ1n) is 9.60. The second-order valence-electron chi connectivity index (χ2n) is 7.09. The van der Waals surface area contributed by atoms with Gasteiger partial charge in [0.2, 0.25) is 0 Å². The van der Waals surface area contributed by atoms with Crippen LogP contribution in [0.15, 0.2) is 97.1 Å². The Morgan fingerprint density at radius 1 is 0.552 bits per heavy atom. The topological polar surface area (TPSA) is 34.1 Å². The summed E-state index contributed by atoms with van der Waals surface area (Å²) in [5.41, 5.74) is 2.01. The third-order valence-corrected chi connectivity index (χ3v) is 6.27. The summed E-state index contributed by atoms with van der Waals surface area (Å²) in [5, 5.41) is 4.65. The van der Waals surface area contributed by atoms with Crippen LogP contribution < -0.4 is 0 Å². The fourth-order valence-corrected chi connectivity index (χ4v) is 4.27. The van der Waals surface area contributed by atoms with Gasteiger partial charge in [-0.05, 0) is 44.8 Å². The molecule has 0 N–H and O–H groups in total. The van der Waals surface area contributed by atoms with E-state index in [1.54, 1.807) is 12.2 Å². The number of fused-ring (bicyclic) bond motifs is 2. The van der Waals surface area contributed by atoms with Crippen molar-refractivity contribution in [3.8, 4) is 0 Å². The number of sulfone groups is 1. The predicted molar refractivity (Wildman–Crippen MR) is 125 cm³/mol. The van der Waals surface area contributed by atoms with Gasteiger partial charge >= 0.3 is 0 Å². The van der Waals surface area contributed by atoms with Crippen molar-refractivity contribution in [1.82, 2.24) is 0 Å². The molecule has 0 heterocycles. The van der Waals surface area contributed by atoms with E-state index in [9.17, 15) is 8.42 Å². The third kappa shape index (κ3) is 5.01. The molecule has 4 rings (SSSR count). The summed E-state index contributed by atoms with van der Waals surface area (Å²) in [7, 11) is -3.18. The number of hydrogen-bond acceptors (Lipinski definition) is 2. The highest BCUT2D eigenvalue weighted by atomic mass is 32.2. The van der Waals surface area contributed by atoms with Crippen LogP contribution in [0.25, 0.3) is 33.7 Å². The van der Waals surface area contributed by atoms with Crippen LogP contribution in [0.2, 0.25) is 0 Å². The smallest absolute Gasteiger partial charge is 0.157 e. The Morgan fingerprint density at radius 3 is 1.41 bits per heavy atom. The average Bonchev–Trinajstić information content (AvgIpc) is 2.73. The van der Waals surface area contributed by atoms with Gasteiger partial charge in [-0.1, -0.05) is 97.1 Å². The quantitative estimate of drug-likeness (QED) is 0.391. The minimum atomic E-state index is -3.18. The van der Waals surface area contributed by atoms with Crippen LogP contribution in [-0.4, -0.2) is 19.9 Å². The molecule has 3 heteroatoms. The largest absolute Gasteiger partial charge is 0.228 e. The molecule has 0 spiro atoms. The lowest BCUT2D eigenvalue weighted by atomic mass is 10.1. The summed E-state index contributed by atoms with van der Waals surface area (Å²) in [5.74, 6) is 0.0593. The van der Waals surface area contributed by atoms with Gasteiger partial charge in [-0.3, -0.25) is 0 Å². The highest BCUT2D eigenvalue weighted by Crippen LogP contribution is 2.17. The lowest BCUT2D eigenvalue weighted by Gasteiger charge is -2.01. The van der Waals surface area contributed by atoms with Crippen molar-refractivity contribution in [3.63, 3.8) is 0 Å². The zero-order chi connectivity index (χ0) is 20.1. The van der Waals surface area contributed by atoms with Crippen molar-refractivity contribution in [2.75, 3.05) is 11.5 Å². The number of hydrogen-bond donors (Lipinski definition) is 0. The van der Waals surface area contributed by atoms with E-state index in [2.05, 4.69) is 48.5 Å². The van der Waals surface area contributed by atoms with Crippen LogP contribution in [0.4, 0.5) is 0 Å². The van der Waals surface area contributed by atoms with Gasteiger partial charge in [-0.25, -0.2) is 8.42 Å². The Kier molecular flexibility index (Phi) is 5.59. The lowest BCUT2D eigenvalue weighted by Crippen LogP contribution is -2.07. The van der Waals surface area contributed by atoms with Gasteiger partial charge < -0.3 is 0 Å². The molecule has 4 aromatic carbocycles. The summed E-state index contributed by atoms with van der Waals surface area (Å²) in [6, 6.07) is 28.5. The standard InChI is InChI=1S/C26H22O2S/c27-29(28,17-5-7-21-13-15-23-9-1-3-11-25(23)19-21)18-6-8-22-14-16-24-10-2-4-12-26(24)20-22/h1-16,19-20H,17-18H2/b7-5+,8-6+. The fraction of sp³-hybridized carbons (Fsp3) is 0.0769. The molecule has 0 aliphatic rings. The molecule has 4 aromatic rings. The van der Waals surface area contributed by atoms with Gasteiger partial charge in [-0.15, -0.1) is 0 Å². The maximum atomic E-state index is 12.3. The first kappa shape index (κ1) is 19.2. The number of benzene rings is 4. The molecule has 0 radical (unpaired) electrons. The van der Waals surface area contributed by atoms with Crippen molar-refractivity contribution in [3.05, 3.63) is 108 Å². The van der Waals surface area contributed by atoms with Crippen molar-refractivity contribution < 1.29 is 8.42 Å². The molecule has 0 saturated carbocycles. The van der Waals surface area contributed by atoms with E-state index in [1.807, 2.05) is 48.6 Å². The van der Waals surface area contributed by atoms with Gasteiger partial charge in [-0.2, -0.15) is 0 Å². The third-order valence-electron chi connectivity index (χ3n) is 4.87. The summed E-state index contributed by atoms with van der Waals surface area (Å²) in [4.78, 5) is 0. The molecule has 144 valence electrons. The molecule has 2 nitrogen and oxygen atoms in total. The molecule has 0 fully saturated rings. The van der Waals surface area contributed by atoms with Crippen LogP contribution in [0.5, 0.6) is 0 Å². The molecule has 0 amide bonds. The Hall–Kier alpha value is -3.17. The first-order valence-corrected chi connectivity index (χ1v) is 11.4. The fourth-order valence-electron chi connectivity index (χ4n) is 3.35. The normalized spacial score (nSPS) is 12.4. The molecular weight excluding hydrogens is 376 g/mol. The molecule has 0 unspecified atom stereocenters. The van der Waals surface area contributed by atoms with Crippen LogP contribution in [-0.2, 0) is 9.84 Å². The Bertz CT molecular complexity index is 1220. The van der Waals surface area contributed by atoms with Crippen LogP contribution in [0, 0.1) is 0 Å². The molecule has 0 atom stereocenters. The van der Waals surface area contributed by atoms with Gasteiger partial charge in [0.05, 0.1) is 11.5 Å². The molecule has 0 aromatic heterocycles. The van der Waals surface area contributed by atoms with E-state index in [0.717, 1.165) is 21.9 Å². The summed E-state index contributed by atoms with van der Waals surface area (Å²) in [6.07, 6.45) is 7.20. The van der Waals surface area contributed by atoms with Crippen molar-refractivity contribution in [1.29, 1.82) is 0 Å². The molecule has 0 bridgehead atoms. The van der Waals surface area contributed by atoms with Crippen LogP contribution >= 0.6 is 0 Å². The molecule has 29 heavy (non-hydrogen) atoms. The van der Waals surface area contributed by atoms with E-state index >= 15 is 0 Å². The zero-order valence-electron chi connectivity index (χ0n) is 16.0. The molecule has 0 aliphatic heterocycles. The van der Waals surface area contributed by atoms with Gasteiger partial charge in [0.15, 0.2) is 9.84 Å². The summed E-state index contributed by atoms with van der Waals surface area (Å²) >= 11 is 0. The van der Waals surface area contributed by atoms with Gasteiger partial charge in [0, 0.05) is 0 Å². The number of rotatable bonds is 6. The van der Waals surface area contributed by atoms with E-state index in [0.29, 0.717) is 0 Å². The summed E-state index contributed by atoms with van der Waals surface area (Å²) < 4.78 is 24.7. The second-order valence-corrected chi connectivity index (χ2v) is 9.25. The van der Waals surface area contributed by atoms with E-state index in [4.69, 9.17) is 0 Å². The second kappa shape index (κ2) is 8.46. The van der Waals surface area contributed by atoms with Crippen LogP contribution in [0.1, 0.15) is 11.1 Å². The summed E-state index contributed by atoms with van der Waals surface area (Å²) in [6.45, 7) is 0. The Morgan fingerprint density at radius 2 is 0.966 bits per heavy atom. The Labute approximate surface area is 171 Å². The van der Waals surface area contributed by atoms with E-state index < -0.39 is 9.84 Å². The van der Waals surface area contributed by atoms with Gasteiger partial charge in [0.25, 0.3) is 0 Å². The SMILES string of the molecule is O=S(=O)(C/C=C/c1ccc2ccccc2c1)C/C=C/c1ccc2ccccc2c1. The van der Waals surface area contributed by atoms with Crippen LogP contribution in [0.3, 0.4) is 0 Å². The Balaban J connectivity index is 1.38. The van der Waals surface area contributed by atoms with Crippen molar-refractivity contribution in [2.45, 2.75) is 0 Å². The minimum absolute atomic E-state index is 0.0296. The highest BCUT2D eigenvalue weighted by Gasteiger charge is 2.05. The maximum absolute atomic E-state index is 12.3. The molecule has 0 saturated heterocycles. The molecular formula is C26H22O2S. The zero-order valence-corrected chi connectivity index (χ0v) is 16.8. The van der Waals surface area contributed by atoms with E-state index in [1.165, 1.54) is 10.8 Å². The van der Waals surface area contributed by atoms with Crippen molar-refractivity contribution in [2.24, 2.45) is 0 Å². The molecule has 0 aliphatic carbocycles. The highest BCUT2D eigenvalue weighted by molar-refractivity contribution is 7.91. The maximum Gasteiger partial charge on any atom is 0.157 e. The lowest BCUT2D eigenvalue weighted by molar-refractivity contribution is 0.602. The van der Waals surface area contributed by atoms with E-state index in [-0.39, 0.29) is 11.5 Å². The van der Waals surface area contributed by atoms with Crippen molar-refractivity contribution >= 4 is 43.5 Å².